The SMILES string of the molecule is Cc1ccccc1C(=O)Oc1cccc(C(=O)OCCOc2ccccc2)c1. The molecule has 0 amide bonds. The molecule has 0 aliphatic heterocycles. The van der Waals surface area contributed by atoms with E-state index in [0.29, 0.717) is 16.9 Å². The summed E-state index contributed by atoms with van der Waals surface area (Å²) in [6.07, 6.45) is 0. The second-order valence-corrected chi connectivity index (χ2v) is 6.03. The highest BCUT2D eigenvalue weighted by molar-refractivity contribution is 5.93. The summed E-state index contributed by atoms with van der Waals surface area (Å²) in [7, 11) is 0. The Morgan fingerprint density at radius 3 is 2.25 bits per heavy atom. The van der Waals surface area contributed by atoms with E-state index in [2.05, 4.69) is 0 Å². The summed E-state index contributed by atoms with van der Waals surface area (Å²) in [6, 6.07) is 22.8. The maximum absolute atomic E-state index is 12.3. The van der Waals surface area contributed by atoms with Gasteiger partial charge in [-0.25, -0.2) is 9.59 Å². The Morgan fingerprint density at radius 1 is 0.750 bits per heavy atom. The Hall–Kier alpha value is -3.60. The Balaban J connectivity index is 1.54. The Kier molecular flexibility index (Phi) is 6.41. The second-order valence-electron chi connectivity index (χ2n) is 6.03. The van der Waals surface area contributed by atoms with Gasteiger partial charge in [-0.15, -0.1) is 0 Å². The molecule has 0 spiro atoms. The zero-order chi connectivity index (χ0) is 19.8. The Bertz CT molecular complexity index is 950. The van der Waals surface area contributed by atoms with Crippen molar-refractivity contribution >= 4 is 11.9 Å². The number of rotatable bonds is 7. The molecule has 142 valence electrons. The van der Waals surface area contributed by atoms with E-state index in [0.717, 1.165) is 5.56 Å². The normalized spacial score (nSPS) is 10.2. The Labute approximate surface area is 163 Å². The average Bonchev–Trinajstić information content (AvgIpc) is 2.72. The third-order valence-corrected chi connectivity index (χ3v) is 3.97. The highest BCUT2D eigenvalue weighted by Gasteiger charge is 2.13. The van der Waals surface area contributed by atoms with Crippen molar-refractivity contribution in [1.29, 1.82) is 0 Å². The molecular weight excluding hydrogens is 356 g/mol. The predicted molar refractivity (Wildman–Crippen MR) is 105 cm³/mol. The quantitative estimate of drug-likeness (QED) is 0.346. The number of hydrogen-bond donors (Lipinski definition) is 0. The first-order valence-electron chi connectivity index (χ1n) is 8.86. The molecule has 28 heavy (non-hydrogen) atoms. The fraction of sp³-hybridized carbons (Fsp3) is 0.130. The van der Waals surface area contributed by atoms with Crippen LogP contribution in [-0.4, -0.2) is 25.2 Å². The lowest BCUT2D eigenvalue weighted by molar-refractivity contribution is 0.0449. The molecule has 5 nitrogen and oxygen atoms in total. The molecular formula is C23H20O5. The molecule has 0 radical (unpaired) electrons. The second kappa shape index (κ2) is 9.37. The molecule has 3 rings (SSSR count). The molecule has 0 aliphatic rings. The first kappa shape index (κ1) is 19.2. The van der Waals surface area contributed by atoms with E-state index in [9.17, 15) is 9.59 Å². The van der Waals surface area contributed by atoms with E-state index in [4.69, 9.17) is 14.2 Å². The third kappa shape index (κ3) is 5.20. The zero-order valence-electron chi connectivity index (χ0n) is 15.5. The lowest BCUT2D eigenvalue weighted by atomic mass is 10.1. The van der Waals surface area contributed by atoms with Crippen LogP contribution in [0, 0.1) is 6.92 Å². The fourth-order valence-corrected chi connectivity index (χ4v) is 2.54. The van der Waals surface area contributed by atoms with Crippen LogP contribution in [0.4, 0.5) is 0 Å². The lowest BCUT2D eigenvalue weighted by Crippen LogP contribution is -2.13. The van der Waals surface area contributed by atoms with Gasteiger partial charge in [-0.05, 0) is 48.9 Å². The topological polar surface area (TPSA) is 61.8 Å². The molecule has 0 aliphatic carbocycles. The van der Waals surface area contributed by atoms with Gasteiger partial charge in [-0.2, -0.15) is 0 Å². The molecule has 0 saturated heterocycles. The average molecular weight is 376 g/mol. The molecule has 0 N–H and O–H groups in total. The van der Waals surface area contributed by atoms with Crippen molar-refractivity contribution in [1.82, 2.24) is 0 Å². The largest absolute Gasteiger partial charge is 0.490 e. The Morgan fingerprint density at radius 2 is 1.46 bits per heavy atom. The fourth-order valence-electron chi connectivity index (χ4n) is 2.54. The van der Waals surface area contributed by atoms with Crippen LogP contribution in [0.25, 0.3) is 0 Å². The highest BCUT2D eigenvalue weighted by Crippen LogP contribution is 2.17. The van der Waals surface area contributed by atoms with Crippen molar-refractivity contribution in [2.24, 2.45) is 0 Å². The summed E-state index contributed by atoms with van der Waals surface area (Å²) in [5.41, 5.74) is 1.60. The van der Waals surface area contributed by atoms with Crippen LogP contribution in [0.3, 0.4) is 0 Å². The van der Waals surface area contributed by atoms with E-state index < -0.39 is 11.9 Å². The van der Waals surface area contributed by atoms with Gasteiger partial charge in [0.2, 0.25) is 0 Å². The summed E-state index contributed by atoms with van der Waals surface area (Å²) in [4.78, 5) is 24.5. The smallest absolute Gasteiger partial charge is 0.343 e. The minimum atomic E-state index is -0.509. The molecule has 0 atom stereocenters. The number of carbonyl (C=O) groups is 2. The molecule has 5 heteroatoms. The molecule has 0 heterocycles. The highest BCUT2D eigenvalue weighted by atomic mass is 16.6. The van der Waals surface area contributed by atoms with Gasteiger partial charge >= 0.3 is 11.9 Å². The molecule has 0 bridgehead atoms. The van der Waals surface area contributed by atoms with Gasteiger partial charge in [0.05, 0.1) is 11.1 Å². The van der Waals surface area contributed by atoms with E-state index >= 15 is 0 Å². The van der Waals surface area contributed by atoms with E-state index in [1.165, 1.54) is 6.07 Å². The zero-order valence-corrected chi connectivity index (χ0v) is 15.5. The molecule has 0 saturated carbocycles. The first-order chi connectivity index (χ1) is 13.6. The van der Waals surface area contributed by atoms with E-state index in [-0.39, 0.29) is 19.0 Å². The summed E-state index contributed by atoms with van der Waals surface area (Å²) >= 11 is 0. The van der Waals surface area contributed by atoms with Gasteiger partial charge < -0.3 is 14.2 Å². The number of carbonyl (C=O) groups excluding carboxylic acids is 2. The lowest BCUT2D eigenvalue weighted by Gasteiger charge is -2.09. The number of benzene rings is 3. The van der Waals surface area contributed by atoms with Crippen LogP contribution in [0.5, 0.6) is 11.5 Å². The molecule has 0 unspecified atom stereocenters. The van der Waals surface area contributed by atoms with Crippen molar-refractivity contribution in [3.8, 4) is 11.5 Å². The van der Waals surface area contributed by atoms with Crippen LogP contribution >= 0.6 is 0 Å². The summed E-state index contributed by atoms with van der Waals surface area (Å²) < 4.78 is 16.1. The monoisotopic (exact) mass is 376 g/mol. The maximum Gasteiger partial charge on any atom is 0.343 e. The van der Waals surface area contributed by atoms with E-state index in [1.807, 2.05) is 49.4 Å². The standard InChI is InChI=1S/C23H20O5/c1-17-8-5-6-13-21(17)23(25)28-20-12-7-9-18(16-20)22(24)27-15-14-26-19-10-3-2-4-11-19/h2-13,16H,14-15H2,1H3. The van der Waals surface area contributed by atoms with Crippen molar-refractivity contribution in [2.45, 2.75) is 6.92 Å². The number of para-hydroxylation sites is 1. The summed E-state index contributed by atoms with van der Waals surface area (Å²) in [5.74, 6) is 0.0113. The summed E-state index contributed by atoms with van der Waals surface area (Å²) in [5, 5.41) is 0. The van der Waals surface area contributed by atoms with Crippen LogP contribution < -0.4 is 9.47 Å². The van der Waals surface area contributed by atoms with Gasteiger partial charge in [0.15, 0.2) is 0 Å². The van der Waals surface area contributed by atoms with Crippen LogP contribution in [0.15, 0.2) is 78.9 Å². The van der Waals surface area contributed by atoms with Crippen molar-refractivity contribution in [2.75, 3.05) is 13.2 Å². The first-order valence-corrected chi connectivity index (χ1v) is 8.86. The van der Waals surface area contributed by atoms with Gasteiger partial charge in [-0.1, -0.05) is 42.5 Å². The molecule has 0 fully saturated rings. The predicted octanol–water partition coefficient (Wildman–Crippen LogP) is 4.45. The minimum absolute atomic E-state index is 0.112. The van der Waals surface area contributed by atoms with Crippen molar-refractivity contribution in [3.05, 3.63) is 95.6 Å². The number of aryl methyl sites for hydroxylation is 1. The van der Waals surface area contributed by atoms with E-state index in [1.54, 1.807) is 30.3 Å². The number of hydrogen-bond acceptors (Lipinski definition) is 5. The number of esters is 2. The van der Waals surface area contributed by atoms with Crippen molar-refractivity contribution < 1.29 is 23.8 Å². The molecule has 3 aromatic rings. The van der Waals surface area contributed by atoms with Gasteiger partial charge in [0, 0.05) is 0 Å². The van der Waals surface area contributed by atoms with Gasteiger partial charge in [-0.3, -0.25) is 0 Å². The van der Waals surface area contributed by atoms with Gasteiger partial charge in [0.25, 0.3) is 0 Å². The van der Waals surface area contributed by atoms with Crippen LogP contribution in [-0.2, 0) is 4.74 Å². The maximum atomic E-state index is 12.3. The molecule has 3 aromatic carbocycles. The van der Waals surface area contributed by atoms with Crippen LogP contribution in [0.2, 0.25) is 0 Å². The number of ether oxygens (including phenoxy) is 3. The minimum Gasteiger partial charge on any atom is -0.490 e. The molecule has 0 aromatic heterocycles. The third-order valence-electron chi connectivity index (χ3n) is 3.97. The van der Waals surface area contributed by atoms with Crippen LogP contribution in [0.1, 0.15) is 26.3 Å². The summed E-state index contributed by atoms with van der Waals surface area (Å²) in [6.45, 7) is 2.20. The van der Waals surface area contributed by atoms with Crippen molar-refractivity contribution in [3.63, 3.8) is 0 Å². The van der Waals surface area contributed by atoms with Gasteiger partial charge in [0.1, 0.15) is 24.7 Å².